The lowest BCUT2D eigenvalue weighted by molar-refractivity contribution is -0.123. The van der Waals surface area contributed by atoms with Gasteiger partial charge >= 0.3 is 0 Å². The van der Waals surface area contributed by atoms with Gasteiger partial charge < -0.3 is 5.32 Å². The number of nitrogens with zero attached hydrogens (tertiary/aromatic N) is 3. The van der Waals surface area contributed by atoms with Crippen LogP contribution >= 0.6 is 15.9 Å². The number of halogens is 2. The number of allylic oxidation sites excluding steroid dienone is 4. The van der Waals surface area contributed by atoms with Crippen LogP contribution < -0.4 is 5.32 Å². The van der Waals surface area contributed by atoms with E-state index < -0.39 is 11.9 Å². The molecule has 1 N–H and O–H groups in total. The molecule has 5 nitrogen and oxygen atoms in total. The number of amides is 1. The lowest BCUT2D eigenvalue weighted by Crippen LogP contribution is -2.30. The highest BCUT2D eigenvalue weighted by molar-refractivity contribution is 9.10. The second-order valence-electron chi connectivity index (χ2n) is 5.90. The molecule has 132 valence electrons. The molecule has 2 heterocycles. The number of carbonyl (C=O) groups excluding carboxylic acids is 1. The Labute approximate surface area is 159 Å². The number of rotatable bonds is 3. The molecule has 3 rings (SSSR count). The van der Waals surface area contributed by atoms with Crippen molar-refractivity contribution >= 4 is 21.8 Å². The molecule has 0 saturated carbocycles. The van der Waals surface area contributed by atoms with Crippen molar-refractivity contribution < 1.29 is 9.18 Å². The fourth-order valence-corrected chi connectivity index (χ4v) is 3.10. The van der Waals surface area contributed by atoms with Crippen molar-refractivity contribution in [3.63, 3.8) is 0 Å². The molecule has 1 aliphatic rings. The van der Waals surface area contributed by atoms with Crippen molar-refractivity contribution in [3.8, 4) is 23.6 Å². The molecule has 0 bridgehead atoms. The van der Waals surface area contributed by atoms with E-state index in [4.69, 9.17) is 6.42 Å². The summed E-state index contributed by atoms with van der Waals surface area (Å²) in [6.45, 7) is 1.66. The third-order valence-corrected chi connectivity index (χ3v) is 4.73. The first-order chi connectivity index (χ1) is 12.5. The van der Waals surface area contributed by atoms with Crippen LogP contribution in [0, 0.1) is 12.3 Å². The summed E-state index contributed by atoms with van der Waals surface area (Å²) in [7, 11) is 0. The van der Waals surface area contributed by atoms with Crippen molar-refractivity contribution in [2.45, 2.75) is 25.8 Å². The average Bonchev–Trinajstić information content (AvgIpc) is 3.03. The first-order valence-corrected chi connectivity index (χ1v) is 8.79. The smallest absolute Gasteiger partial charge is 0.249 e. The highest BCUT2D eigenvalue weighted by Gasteiger charge is 2.27. The number of hydrogen-bond donors (Lipinski definition) is 1. The van der Waals surface area contributed by atoms with E-state index >= 15 is 0 Å². The second-order valence-corrected chi connectivity index (χ2v) is 6.81. The van der Waals surface area contributed by atoms with E-state index in [-0.39, 0.29) is 5.91 Å². The minimum atomic E-state index is -0.571. The van der Waals surface area contributed by atoms with E-state index in [2.05, 4.69) is 37.5 Å². The van der Waals surface area contributed by atoms with Crippen LogP contribution in [0.5, 0.6) is 0 Å². The first-order valence-electron chi connectivity index (χ1n) is 8.00. The molecule has 1 amide bonds. The maximum Gasteiger partial charge on any atom is 0.249 e. The molecule has 1 aromatic carbocycles. The highest BCUT2D eigenvalue weighted by atomic mass is 79.9. The summed E-state index contributed by atoms with van der Waals surface area (Å²) in [5.41, 5.74) is 2.44. The Morgan fingerprint density at radius 1 is 1.46 bits per heavy atom. The van der Waals surface area contributed by atoms with Crippen molar-refractivity contribution in [1.29, 1.82) is 0 Å². The first kappa shape index (κ1) is 18.1. The SMILES string of the molecule is C#CC=C(F)C1=C(C)NC(=O)C(n2cc(-c3ccc(Br)cc3)nn2)CC1. The zero-order chi connectivity index (χ0) is 18.7. The molecular formula is C19H16BrFN4O. The predicted octanol–water partition coefficient (Wildman–Crippen LogP) is 3.92. The van der Waals surface area contributed by atoms with Crippen molar-refractivity contribution in [3.05, 3.63) is 58.1 Å². The van der Waals surface area contributed by atoms with Gasteiger partial charge in [-0.15, -0.1) is 11.5 Å². The van der Waals surface area contributed by atoms with E-state index in [0.29, 0.717) is 29.8 Å². The number of terminal acetylenes is 1. The summed E-state index contributed by atoms with van der Waals surface area (Å²) in [5.74, 6) is 1.42. The minimum absolute atomic E-state index is 0.252. The van der Waals surface area contributed by atoms with Gasteiger partial charge in [0, 0.05) is 27.4 Å². The lowest BCUT2D eigenvalue weighted by atomic mass is 10.0. The number of carbonyl (C=O) groups is 1. The van der Waals surface area contributed by atoms with Crippen LogP contribution in [0.2, 0.25) is 0 Å². The van der Waals surface area contributed by atoms with Gasteiger partial charge in [-0.1, -0.05) is 39.2 Å². The normalized spacial score (nSPS) is 18.3. The van der Waals surface area contributed by atoms with E-state index in [1.54, 1.807) is 13.1 Å². The van der Waals surface area contributed by atoms with Crippen LogP contribution in [-0.2, 0) is 4.79 Å². The second kappa shape index (κ2) is 7.67. The van der Waals surface area contributed by atoms with Crippen LogP contribution in [0.25, 0.3) is 11.3 Å². The van der Waals surface area contributed by atoms with Crippen LogP contribution in [-0.4, -0.2) is 20.9 Å². The van der Waals surface area contributed by atoms with E-state index in [1.165, 1.54) is 4.68 Å². The molecule has 7 heteroatoms. The molecule has 0 fully saturated rings. The molecule has 1 aromatic heterocycles. The summed E-state index contributed by atoms with van der Waals surface area (Å²) < 4.78 is 16.6. The number of benzene rings is 1. The maximum atomic E-state index is 14.1. The van der Waals surface area contributed by atoms with Crippen LogP contribution in [0.4, 0.5) is 4.39 Å². The van der Waals surface area contributed by atoms with Gasteiger partial charge in [0.2, 0.25) is 5.91 Å². The summed E-state index contributed by atoms with van der Waals surface area (Å²) in [5, 5.41) is 11.0. The quantitative estimate of drug-likeness (QED) is 0.774. The summed E-state index contributed by atoms with van der Waals surface area (Å²) in [4.78, 5) is 12.5. The van der Waals surface area contributed by atoms with Gasteiger partial charge in [-0.3, -0.25) is 4.79 Å². The van der Waals surface area contributed by atoms with Gasteiger partial charge in [-0.25, -0.2) is 9.07 Å². The highest BCUT2D eigenvalue weighted by Crippen LogP contribution is 2.29. The topological polar surface area (TPSA) is 59.8 Å². The largest absolute Gasteiger partial charge is 0.328 e. The lowest BCUT2D eigenvalue weighted by Gasteiger charge is -2.12. The Kier molecular flexibility index (Phi) is 5.33. The monoisotopic (exact) mass is 414 g/mol. The Bertz CT molecular complexity index is 937. The molecule has 1 unspecified atom stereocenters. The molecule has 1 aliphatic heterocycles. The maximum absolute atomic E-state index is 14.1. The molecule has 2 aromatic rings. The predicted molar refractivity (Wildman–Crippen MR) is 100 cm³/mol. The van der Waals surface area contributed by atoms with Crippen molar-refractivity contribution in [2.75, 3.05) is 0 Å². The Morgan fingerprint density at radius 2 is 2.19 bits per heavy atom. The Morgan fingerprint density at radius 3 is 2.88 bits per heavy atom. The zero-order valence-electron chi connectivity index (χ0n) is 14.0. The molecule has 0 spiro atoms. The van der Waals surface area contributed by atoms with Crippen molar-refractivity contribution in [2.24, 2.45) is 0 Å². The number of aromatic nitrogens is 3. The summed E-state index contributed by atoms with van der Waals surface area (Å²) in [6.07, 6.45) is 8.68. The summed E-state index contributed by atoms with van der Waals surface area (Å²) >= 11 is 3.39. The Balaban J connectivity index is 1.83. The number of hydrogen-bond acceptors (Lipinski definition) is 3. The third kappa shape index (κ3) is 3.75. The standard InChI is InChI=1S/C19H16BrFN4O/c1-3-4-16(21)15-9-10-18(19(26)22-12(15)2)25-11-17(23-24-25)13-5-7-14(20)8-6-13/h1,4-8,11,18H,9-10H2,2H3,(H,22,26). The van der Waals surface area contributed by atoms with Gasteiger partial charge in [0.05, 0.1) is 6.20 Å². The minimum Gasteiger partial charge on any atom is -0.328 e. The van der Waals surface area contributed by atoms with Crippen LogP contribution in [0.1, 0.15) is 25.8 Å². The fraction of sp³-hybridized carbons (Fsp3) is 0.211. The summed E-state index contributed by atoms with van der Waals surface area (Å²) in [6, 6.07) is 7.07. The van der Waals surface area contributed by atoms with Gasteiger partial charge in [-0.2, -0.15) is 0 Å². The van der Waals surface area contributed by atoms with E-state index in [9.17, 15) is 9.18 Å². The third-order valence-electron chi connectivity index (χ3n) is 4.20. The van der Waals surface area contributed by atoms with Crippen LogP contribution in [0.15, 0.2) is 58.1 Å². The van der Waals surface area contributed by atoms with Crippen molar-refractivity contribution in [1.82, 2.24) is 20.3 Å². The van der Waals surface area contributed by atoms with Gasteiger partial charge in [0.15, 0.2) is 0 Å². The van der Waals surface area contributed by atoms with E-state index in [0.717, 1.165) is 16.1 Å². The molecule has 26 heavy (non-hydrogen) atoms. The molecule has 0 radical (unpaired) electrons. The fourth-order valence-electron chi connectivity index (χ4n) is 2.84. The molecular weight excluding hydrogens is 399 g/mol. The van der Waals surface area contributed by atoms with Gasteiger partial charge in [0.1, 0.15) is 17.6 Å². The van der Waals surface area contributed by atoms with E-state index in [1.807, 2.05) is 24.3 Å². The van der Waals surface area contributed by atoms with Gasteiger partial charge in [0.25, 0.3) is 0 Å². The molecule has 0 saturated heterocycles. The Hall–Kier alpha value is -2.72. The molecule has 0 aliphatic carbocycles. The van der Waals surface area contributed by atoms with Gasteiger partial charge in [-0.05, 0) is 31.9 Å². The zero-order valence-corrected chi connectivity index (χ0v) is 15.6. The number of nitrogens with one attached hydrogen (secondary N) is 1. The average molecular weight is 415 g/mol. The van der Waals surface area contributed by atoms with Crippen LogP contribution in [0.3, 0.4) is 0 Å². The molecule has 1 atom stereocenters.